The summed E-state index contributed by atoms with van der Waals surface area (Å²) in [5.74, 6) is -0.0425. The molecule has 1 N–H and O–H groups in total. The maximum Gasteiger partial charge on any atom is 0.335 e. The molecule has 0 aromatic heterocycles. The summed E-state index contributed by atoms with van der Waals surface area (Å²) in [6.07, 6.45) is 1.79. The Balaban J connectivity index is 1.59. The summed E-state index contributed by atoms with van der Waals surface area (Å²) >= 11 is 10.8. The summed E-state index contributed by atoms with van der Waals surface area (Å²) in [7, 11) is 0. The summed E-state index contributed by atoms with van der Waals surface area (Å²) in [6.45, 7) is 4.99. The summed E-state index contributed by atoms with van der Waals surface area (Å²) in [4.78, 5) is 30.9. The van der Waals surface area contributed by atoms with Crippen molar-refractivity contribution in [3.05, 3.63) is 91.8 Å². The average molecular weight is 616 g/mol. The fourth-order valence-corrected chi connectivity index (χ4v) is 5.38. The van der Waals surface area contributed by atoms with Crippen molar-refractivity contribution in [1.82, 2.24) is 4.90 Å². The molecular formula is C28H24BrClN2O5S. The molecule has 0 unspecified atom stereocenters. The van der Waals surface area contributed by atoms with E-state index in [-0.39, 0.29) is 11.5 Å². The van der Waals surface area contributed by atoms with Gasteiger partial charge in [-0.1, -0.05) is 23.7 Å². The number of carbonyl (C=O) groups excluding carboxylic acids is 1. The van der Waals surface area contributed by atoms with Gasteiger partial charge in [0.15, 0.2) is 16.7 Å². The number of amidine groups is 1. The first-order valence-electron chi connectivity index (χ1n) is 11.8. The molecule has 1 fully saturated rings. The number of amides is 1. The first-order valence-corrected chi connectivity index (χ1v) is 13.7. The van der Waals surface area contributed by atoms with Crippen molar-refractivity contribution in [3.8, 4) is 11.5 Å². The van der Waals surface area contributed by atoms with Gasteiger partial charge in [0.25, 0.3) is 5.91 Å². The SMILES string of the molecule is CCOc1cc(/C=C2/SC(=Nc3ccc(C(=O)O)cc3)N(CC)C2=O)cc(Br)c1OCc1ccc(Cl)cc1. The quantitative estimate of drug-likeness (QED) is 0.252. The lowest BCUT2D eigenvalue weighted by molar-refractivity contribution is -0.122. The van der Waals surface area contributed by atoms with Gasteiger partial charge in [0, 0.05) is 11.6 Å². The molecule has 1 heterocycles. The summed E-state index contributed by atoms with van der Waals surface area (Å²) in [5, 5.41) is 10.3. The van der Waals surface area contributed by atoms with Crippen molar-refractivity contribution in [1.29, 1.82) is 0 Å². The number of aliphatic imine (C=N–C) groups is 1. The van der Waals surface area contributed by atoms with Crippen molar-refractivity contribution in [2.24, 2.45) is 4.99 Å². The molecule has 0 atom stereocenters. The van der Waals surface area contributed by atoms with E-state index in [0.717, 1.165) is 11.1 Å². The summed E-state index contributed by atoms with van der Waals surface area (Å²) in [6, 6.07) is 17.3. The van der Waals surface area contributed by atoms with E-state index in [9.17, 15) is 9.59 Å². The van der Waals surface area contributed by atoms with Crippen LogP contribution in [0, 0.1) is 0 Å². The van der Waals surface area contributed by atoms with Crippen LogP contribution in [0.2, 0.25) is 5.02 Å². The number of ether oxygens (including phenoxy) is 2. The zero-order chi connectivity index (χ0) is 27.2. The van der Waals surface area contributed by atoms with Gasteiger partial charge in [0.1, 0.15) is 6.61 Å². The normalized spacial score (nSPS) is 15.4. The monoisotopic (exact) mass is 614 g/mol. The number of carboxylic acids is 1. The number of hydrogen-bond acceptors (Lipinski definition) is 6. The van der Waals surface area contributed by atoms with E-state index in [1.54, 1.807) is 23.1 Å². The van der Waals surface area contributed by atoms with Gasteiger partial charge in [0.2, 0.25) is 0 Å². The number of halogens is 2. The van der Waals surface area contributed by atoms with Crippen LogP contribution in [0.4, 0.5) is 5.69 Å². The Morgan fingerprint density at radius 2 is 1.82 bits per heavy atom. The van der Waals surface area contributed by atoms with Crippen LogP contribution in [-0.4, -0.2) is 40.2 Å². The number of aromatic carboxylic acids is 1. The molecule has 1 aliphatic heterocycles. The maximum atomic E-state index is 13.1. The van der Waals surface area contributed by atoms with Gasteiger partial charge >= 0.3 is 5.97 Å². The lowest BCUT2D eigenvalue weighted by Gasteiger charge is -2.15. The van der Waals surface area contributed by atoms with E-state index in [0.29, 0.717) is 56.5 Å². The Morgan fingerprint density at radius 3 is 2.45 bits per heavy atom. The smallest absolute Gasteiger partial charge is 0.335 e. The van der Waals surface area contributed by atoms with Crippen LogP contribution in [0.5, 0.6) is 11.5 Å². The van der Waals surface area contributed by atoms with Crippen molar-refractivity contribution >= 4 is 68.1 Å². The highest BCUT2D eigenvalue weighted by molar-refractivity contribution is 9.10. The molecule has 196 valence electrons. The van der Waals surface area contributed by atoms with Crippen molar-refractivity contribution in [2.45, 2.75) is 20.5 Å². The van der Waals surface area contributed by atoms with Crippen molar-refractivity contribution < 1.29 is 24.2 Å². The number of benzene rings is 3. The van der Waals surface area contributed by atoms with Crippen LogP contribution >= 0.6 is 39.3 Å². The van der Waals surface area contributed by atoms with Gasteiger partial charge in [-0.05, 0) is 107 Å². The highest BCUT2D eigenvalue weighted by Gasteiger charge is 2.32. The number of likely N-dealkylation sites (N-methyl/N-ethyl adjacent to an activating group) is 1. The van der Waals surface area contributed by atoms with Gasteiger partial charge < -0.3 is 14.6 Å². The lowest BCUT2D eigenvalue weighted by atomic mass is 10.1. The van der Waals surface area contributed by atoms with Gasteiger partial charge in [0.05, 0.1) is 27.2 Å². The predicted octanol–water partition coefficient (Wildman–Crippen LogP) is 7.40. The Bertz CT molecular complexity index is 1410. The average Bonchev–Trinajstić information content (AvgIpc) is 3.18. The Kier molecular flexibility index (Phi) is 9.14. The number of rotatable bonds is 9. The molecule has 3 aromatic rings. The highest BCUT2D eigenvalue weighted by atomic mass is 79.9. The van der Waals surface area contributed by atoms with E-state index >= 15 is 0 Å². The van der Waals surface area contributed by atoms with Crippen molar-refractivity contribution in [3.63, 3.8) is 0 Å². The molecule has 3 aromatic carbocycles. The van der Waals surface area contributed by atoms with Gasteiger partial charge in [-0.2, -0.15) is 0 Å². The second-order valence-electron chi connectivity index (χ2n) is 8.08. The zero-order valence-corrected chi connectivity index (χ0v) is 23.8. The van der Waals surface area contributed by atoms with E-state index in [4.69, 9.17) is 26.2 Å². The van der Waals surface area contributed by atoms with E-state index < -0.39 is 5.97 Å². The van der Waals surface area contributed by atoms with E-state index in [1.165, 1.54) is 23.9 Å². The van der Waals surface area contributed by atoms with Gasteiger partial charge in [-0.15, -0.1) is 0 Å². The van der Waals surface area contributed by atoms with Crippen LogP contribution in [-0.2, 0) is 11.4 Å². The highest BCUT2D eigenvalue weighted by Crippen LogP contribution is 2.40. The lowest BCUT2D eigenvalue weighted by Crippen LogP contribution is -2.28. The van der Waals surface area contributed by atoms with E-state index in [2.05, 4.69) is 20.9 Å². The first kappa shape index (κ1) is 27.8. The molecule has 38 heavy (non-hydrogen) atoms. The summed E-state index contributed by atoms with van der Waals surface area (Å²) < 4.78 is 12.6. The predicted molar refractivity (Wildman–Crippen MR) is 155 cm³/mol. The minimum Gasteiger partial charge on any atom is -0.490 e. The number of hydrogen-bond donors (Lipinski definition) is 1. The molecule has 0 radical (unpaired) electrons. The van der Waals surface area contributed by atoms with Crippen LogP contribution in [0.3, 0.4) is 0 Å². The Labute approximate surface area is 238 Å². The fourth-order valence-electron chi connectivity index (χ4n) is 3.62. The maximum absolute atomic E-state index is 13.1. The molecule has 0 aliphatic carbocycles. The third kappa shape index (κ3) is 6.59. The zero-order valence-electron chi connectivity index (χ0n) is 20.6. The molecule has 0 bridgehead atoms. The molecular weight excluding hydrogens is 592 g/mol. The Morgan fingerprint density at radius 1 is 1.11 bits per heavy atom. The minimum atomic E-state index is -1.01. The standard InChI is InChI=1S/C28H24BrClN2O5S/c1-3-32-26(33)24(38-28(32)31-21-11-7-19(8-12-21)27(34)35)15-18-13-22(29)25(23(14-18)36-4-2)37-16-17-5-9-20(30)10-6-17/h5-15H,3-4,16H2,1-2H3,(H,34,35)/b24-15+,31-28?. The Hall–Kier alpha value is -3.27. The molecule has 4 rings (SSSR count). The molecule has 1 aliphatic rings. The van der Waals surface area contributed by atoms with Gasteiger partial charge in [-0.3, -0.25) is 9.69 Å². The number of nitrogens with zero attached hydrogens (tertiary/aromatic N) is 2. The largest absolute Gasteiger partial charge is 0.490 e. The molecule has 1 amide bonds. The number of carboxylic acid groups (broad SMARTS) is 1. The second-order valence-corrected chi connectivity index (χ2v) is 10.4. The molecule has 10 heteroatoms. The number of carbonyl (C=O) groups is 2. The fraction of sp³-hybridized carbons (Fsp3) is 0.179. The molecule has 0 saturated carbocycles. The topological polar surface area (TPSA) is 88.4 Å². The summed E-state index contributed by atoms with van der Waals surface area (Å²) in [5.41, 5.74) is 2.46. The molecule has 1 saturated heterocycles. The van der Waals surface area contributed by atoms with Crippen LogP contribution < -0.4 is 9.47 Å². The van der Waals surface area contributed by atoms with Crippen LogP contribution in [0.25, 0.3) is 6.08 Å². The second kappa shape index (κ2) is 12.5. The van der Waals surface area contributed by atoms with Crippen LogP contribution in [0.15, 0.2) is 75.0 Å². The van der Waals surface area contributed by atoms with E-state index in [1.807, 2.05) is 50.2 Å². The third-order valence-corrected chi connectivity index (χ3v) is 7.32. The third-order valence-electron chi connectivity index (χ3n) is 5.47. The van der Waals surface area contributed by atoms with Crippen LogP contribution in [0.1, 0.15) is 35.3 Å². The van der Waals surface area contributed by atoms with Crippen molar-refractivity contribution in [2.75, 3.05) is 13.2 Å². The minimum absolute atomic E-state index is 0.157. The van der Waals surface area contributed by atoms with Gasteiger partial charge in [-0.25, -0.2) is 9.79 Å². The first-order chi connectivity index (χ1) is 18.3. The molecule has 0 spiro atoms. The number of thioether (sulfide) groups is 1. The molecule has 7 nitrogen and oxygen atoms in total.